The van der Waals surface area contributed by atoms with Crippen molar-refractivity contribution in [2.24, 2.45) is 0 Å². The van der Waals surface area contributed by atoms with Gasteiger partial charge in [-0.15, -0.1) is 11.8 Å². The van der Waals surface area contributed by atoms with E-state index in [1.165, 1.54) is 11.8 Å². The lowest BCUT2D eigenvalue weighted by Gasteiger charge is -2.22. The molecule has 32 heavy (non-hydrogen) atoms. The standard InChI is InChI=1S/C28H22O3S/c29-25(21-13-5-1-6-14-21)26(22-15-7-2-8-16-22)31-28(30)27(23-17-9-3-10-18-23)32-24-19-11-4-12-20-24/h1-20,26-27H/t26-,27+/m0/s1. The van der Waals surface area contributed by atoms with Crippen LogP contribution in [-0.4, -0.2) is 11.8 Å². The van der Waals surface area contributed by atoms with Gasteiger partial charge in [-0.3, -0.25) is 9.59 Å². The van der Waals surface area contributed by atoms with Gasteiger partial charge in [0.2, 0.25) is 5.78 Å². The van der Waals surface area contributed by atoms with Crippen LogP contribution in [0.4, 0.5) is 0 Å². The maximum atomic E-state index is 13.5. The summed E-state index contributed by atoms with van der Waals surface area (Å²) in [6, 6.07) is 37.3. The Kier molecular flexibility index (Phi) is 7.15. The molecule has 0 aliphatic rings. The summed E-state index contributed by atoms with van der Waals surface area (Å²) in [5.74, 6) is -0.704. The zero-order chi connectivity index (χ0) is 22.2. The van der Waals surface area contributed by atoms with Crippen LogP contribution in [-0.2, 0) is 9.53 Å². The molecule has 4 rings (SSSR count). The van der Waals surface area contributed by atoms with Crippen molar-refractivity contribution in [1.29, 1.82) is 0 Å². The lowest BCUT2D eigenvalue weighted by atomic mass is 9.99. The maximum Gasteiger partial charge on any atom is 0.325 e. The fourth-order valence-electron chi connectivity index (χ4n) is 3.35. The summed E-state index contributed by atoms with van der Waals surface area (Å²) in [5, 5.41) is -0.603. The van der Waals surface area contributed by atoms with E-state index in [1.807, 2.05) is 84.9 Å². The molecular formula is C28H22O3S. The molecule has 0 radical (unpaired) electrons. The summed E-state index contributed by atoms with van der Waals surface area (Å²) >= 11 is 1.41. The van der Waals surface area contributed by atoms with Crippen LogP contribution < -0.4 is 0 Å². The predicted octanol–water partition coefficient (Wildman–Crippen LogP) is 6.69. The number of carbonyl (C=O) groups excluding carboxylic acids is 2. The second kappa shape index (κ2) is 10.6. The van der Waals surface area contributed by atoms with E-state index < -0.39 is 17.3 Å². The van der Waals surface area contributed by atoms with Gasteiger partial charge >= 0.3 is 5.97 Å². The van der Waals surface area contributed by atoms with Gasteiger partial charge in [0.1, 0.15) is 5.25 Å². The second-order valence-corrected chi connectivity index (χ2v) is 8.36. The fourth-order valence-corrected chi connectivity index (χ4v) is 4.38. The van der Waals surface area contributed by atoms with Gasteiger partial charge in [0.05, 0.1) is 0 Å². The monoisotopic (exact) mass is 438 g/mol. The summed E-state index contributed by atoms with van der Waals surface area (Å²) in [7, 11) is 0. The summed E-state index contributed by atoms with van der Waals surface area (Å²) in [6.07, 6.45) is -1.02. The second-order valence-electron chi connectivity index (χ2n) is 7.18. The van der Waals surface area contributed by atoms with E-state index in [9.17, 15) is 9.59 Å². The molecule has 0 saturated heterocycles. The van der Waals surface area contributed by atoms with Crippen LogP contribution in [0, 0.1) is 0 Å². The topological polar surface area (TPSA) is 43.4 Å². The highest BCUT2D eigenvalue weighted by Gasteiger charge is 2.31. The lowest BCUT2D eigenvalue weighted by molar-refractivity contribution is -0.146. The summed E-state index contributed by atoms with van der Waals surface area (Å²) < 4.78 is 5.93. The van der Waals surface area contributed by atoms with E-state index in [2.05, 4.69) is 0 Å². The van der Waals surface area contributed by atoms with Crippen molar-refractivity contribution in [1.82, 2.24) is 0 Å². The first-order valence-corrected chi connectivity index (χ1v) is 11.2. The third-order valence-electron chi connectivity index (χ3n) is 4.95. The van der Waals surface area contributed by atoms with Crippen LogP contribution in [0.15, 0.2) is 126 Å². The van der Waals surface area contributed by atoms with Gasteiger partial charge in [0, 0.05) is 16.0 Å². The molecule has 0 N–H and O–H groups in total. The minimum atomic E-state index is -1.02. The quantitative estimate of drug-likeness (QED) is 0.175. The SMILES string of the molecule is O=C(c1ccccc1)[C@@H](OC(=O)[C@H](Sc1ccccc1)c1ccccc1)c1ccccc1. The number of carbonyl (C=O) groups is 2. The molecule has 158 valence electrons. The molecule has 0 amide bonds. The minimum Gasteiger partial charge on any atom is -0.448 e. The molecule has 0 heterocycles. The Balaban J connectivity index is 1.66. The summed E-state index contributed by atoms with van der Waals surface area (Å²) in [4.78, 5) is 27.7. The minimum absolute atomic E-state index is 0.248. The smallest absolute Gasteiger partial charge is 0.325 e. The molecule has 4 heteroatoms. The lowest BCUT2D eigenvalue weighted by Crippen LogP contribution is -2.23. The normalized spacial score (nSPS) is 12.5. The van der Waals surface area contributed by atoms with E-state index in [0.29, 0.717) is 11.1 Å². The Bertz CT molecular complexity index is 1150. The molecule has 0 bridgehead atoms. The highest BCUT2D eigenvalue weighted by Crippen LogP contribution is 2.37. The molecule has 3 nitrogen and oxygen atoms in total. The zero-order valence-electron chi connectivity index (χ0n) is 17.3. The van der Waals surface area contributed by atoms with E-state index >= 15 is 0 Å². The Morgan fingerprint density at radius 2 is 1.06 bits per heavy atom. The number of ketones is 1. The summed E-state index contributed by atoms with van der Waals surface area (Å²) in [5.41, 5.74) is 1.97. The van der Waals surface area contributed by atoms with E-state index in [4.69, 9.17) is 4.74 Å². The fraction of sp³-hybridized carbons (Fsp3) is 0.0714. The molecular weight excluding hydrogens is 416 g/mol. The van der Waals surface area contributed by atoms with Gasteiger partial charge in [0.15, 0.2) is 6.10 Å². The van der Waals surface area contributed by atoms with Crippen LogP contribution >= 0.6 is 11.8 Å². The van der Waals surface area contributed by atoms with Gasteiger partial charge < -0.3 is 4.74 Å². The number of esters is 1. The zero-order valence-corrected chi connectivity index (χ0v) is 18.2. The third-order valence-corrected chi connectivity index (χ3v) is 6.19. The molecule has 0 aromatic heterocycles. The summed E-state index contributed by atoms with van der Waals surface area (Å²) in [6.45, 7) is 0. The Hall–Kier alpha value is -3.63. The van der Waals surface area contributed by atoms with Crippen LogP contribution in [0.2, 0.25) is 0 Å². The number of Topliss-reactive ketones (excluding diaryl/α,β-unsaturated/α-hetero) is 1. The third kappa shape index (κ3) is 5.34. The van der Waals surface area contributed by atoms with Crippen LogP contribution in [0.25, 0.3) is 0 Å². The number of rotatable bonds is 8. The number of thioether (sulfide) groups is 1. The molecule has 0 fully saturated rings. The van der Waals surface area contributed by atoms with E-state index in [-0.39, 0.29) is 5.78 Å². The van der Waals surface area contributed by atoms with Crippen molar-refractivity contribution in [3.8, 4) is 0 Å². The molecule has 0 spiro atoms. The number of benzene rings is 4. The Morgan fingerprint density at radius 3 is 1.62 bits per heavy atom. The Morgan fingerprint density at radius 1 is 0.594 bits per heavy atom. The van der Waals surface area contributed by atoms with Gasteiger partial charge in [0.25, 0.3) is 0 Å². The van der Waals surface area contributed by atoms with Crippen molar-refractivity contribution in [2.45, 2.75) is 16.2 Å². The number of hydrogen-bond donors (Lipinski definition) is 0. The average molecular weight is 439 g/mol. The Labute approximate surface area is 192 Å². The first-order chi connectivity index (χ1) is 15.7. The predicted molar refractivity (Wildman–Crippen MR) is 128 cm³/mol. The molecule has 0 aliphatic carbocycles. The molecule has 4 aromatic rings. The van der Waals surface area contributed by atoms with Crippen molar-refractivity contribution >= 4 is 23.5 Å². The van der Waals surface area contributed by atoms with Gasteiger partial charge in [-0.1, -0.05) is 109 Å². The molecule has 0 aliphatic heterocycles. The van der Waals surface area contributed by atoms with Crippen LogP contribution in [0.5, 0.6) is 0 Å². The molecule has 2 atom stereocenters. The highest BCUT2D eigenvalue weighted by molar-refractivity contribution is 8.00. The van der Waals surface area contributed by atoms with E-state index in [1.54, 1.807) is 36.4 Å². The van der Waals surface area contributed by atoms with Crippen LogP contribution in [0.3, 0.4) is 0 Å². The molecule has 0 saturated carbocycles. The van der Waals surface area contributed by atoms with Gasteiger partial charge in [-0.25, -0.2) is 0 Å². The van der Waals surface area contributed by atoms with E-state index in [0.717, 1.165) is 10.5 Å². The first kappa shape index (κ1) is 21.6. The van der Waals surface area contributed by atoms with Gasteiger partial charge in [-0.05, 0) is 17.7 Å². The highest BCUT2D eigenvalue weighted by atomic mass is 32.2. The van der Waals surface area contributed by atoms with Gasteiger partial charge in [-0.2, -0.15) is 0 Å². The van der Waals surface area contributed by atoms with Crippen LogP contribution in [0.1, 0.15) is 32.8 Å². The van der Waals surface area contributed by atoms with Crippen molar-refractivity contribution < 1.29 is 14.3 Å². The van der Waals surface area contributed by atoms with Crippen molar-refractivity contribution in [3.05, 3.63) is 138 Å². The molecule has 4 aromatic carbocycles. The molecule has 0 unspecified atom stereocenters. The number of ether oxygens (including phenoxy) is 1. The first-order valence-electron chi connectivity index (χ1n) is 10.3. The average Bonchev–Trinajstić information content (AvgIpc) is 2.87. The largest absolute Gasteiger partial charge is 0.448 e. The number of hydrogen-bond acceptors (Lipinski definition) is 4. The van der Waals surface area contributed by atoms with Crippen molar-refractivity contribution in [3.63, 3.8) is 0 Å². The van der Waals surface area contributed by atoms with Crippen molar-refractivity contribution in [2.75, 3.05) is 0 Å². The maximum absolute atomic E-state index is 13.5.